The lowest BCUT2D eigenvalue weighted by atomic mass is 10.1. The van der Waals surface area contributed by atoms with Crippen molar-refractivity contribution in [1.82, 2.24) is 0 Å². The molecule has 1 aliphatic heterocycles. The van der Waals surface area contributed by atoms with Gasteiger partial charge in [0.25, 0.3) is 0 Å². The third-order valence-electron chi connectivity index (χ3n) is 3.18. The lowest BCUT2D eigenvalue weighted by Crippen LogP contribution is -2.33. The van der Waals surface area contributed by atoms with Crippen molar-refractivity contribution in [2.24, 2.45) is 10.9 Å². The summed E-state index contributed by atoms with van der Waals surface area (Å²) in [5.41, 5.74) is 7.35. The fraction of sp³-hybridized carbons (Fsp3) is 0.417. The average molecular weight is 314 g/mol. The minimum absolute atomic E-state index is 0.114. The van der Waals surface area contributed by atoms with E-state index < -0.39 is 0 Å². The SMILES string of the molecule is CN(c1cc(Br)ccc1/C(N)=N/O)C1CCOC1. The molecule has 0 radical (unpaired) electrons. The van der Waals surface area contributed by atoms with E-state index in [1.807, 2.05) is 25.2 Å². The molecule has 1 aromatic rings. The Morgan fingerprint density at radius 3 is 3.00 bits per heavy atom. The Morgan fingerprint density at radius 2 is 2.39 bits per heavy atom. The van der Waals surface area contributed by atoms with Crippen LogP contribution in [0, 0.1) is 0 Å². The van der Waals surface area contributed by atoms with E-state index in [0.717, 1.165) is 28.8 Å². The highest BCUT2D eigenvalue weighted by Crippen LogP contribution is 2.27. The molecule has 6 heteroatoms. The molecule has 0 aromatic heterocycles. The average Bonchev–Trinajstić information content (AvgIpc) is 2.90. The minimum Gasteiger partial charge on any atom is -0.409 e. The van der Waals surface area contributed by atoms with Crippen LogP contribution in [0.1, 0.15) is 12.0 Å². The van der Waals surface area contributed by atoms with Gasteiger partial charge in [0.05, 0.1) is 12.6 Å². The van der Waals surface area contributed by atoms with Gasteiger partial charge in [-0.2, -0.15) is 0 Å². The monoisotopic (exact) mass is 313 g/mol. The Balaban J connectivity index is 2.37. The van der Waals surface area contributed by atoms with Gasteiger partial charge in [0.1, 0.15) is 0 Å². The second-order valence-corrected chi connectivity index (χ2v) is 5.19. The predicted molar refractivity (Wildman–Crippen MR) is 74.3 cm³/mol. The quantitative estimate of drug-likeness (QED) is 0.386. The summed E-state index contributed by atoms with van der Waals surface area (Å²) in [6, 6.07) is 5.99. The largest absolute Gasteiger partial charge is 0.409 e. The molecule has 1 unspecified atom stereocenters. The number of anilines is 1. The molecule has 5 nitrogen and oxygen atoms in total. The molecule has 0 spiro atoms. The van der Waals surface area contributed by atoms with Crippen molar-refractivity contribution >= 4 is 27.5 Å². The van der Waals surface area contributed by atoms with E-state index in [2.05, 4.69) is 26.0 Å². The molecule has 1 aliphatic rings. The van der Waals surface area contributed by atoms with E-state index in [9.17, 15) is 0 Å². The van der Waals surface area contributed by atoms with E-state index >= 15 is 0 Å². The summed E-state index contributed by atoms with van der Waals surface area (Å²) < 4.78 is 6.35. The Kier molecular flexibility index (Phi) is 4.08. The second-order valence-electron chi connectivity index (χ2n) is 4.28. The zero-order valence-electron chi connectivity index (χ0n) is 10.1. The first-order valence-corrected chi connectivity index (χ1v) is 6.51. The number of hydrogen-bond donors (Lipinski definition) is 2. The van der Waals surface area contributed by atoms with Crippen LogP contribution in [0.4, 0.5) is 5.69 Å². The molecule has 0 bridgehead atoms. The van der Waals surface area contributed by atoms with Crippen molar-refractivity contribution in [2.45, 2.75) is 12.5 Å². The topological polar surface area (TPSA) is 71.1 Å². The lowest BCUT2D eigenvalue weighted by Gasteiger charge is -2.27. The normalized spacial score (nSPS) is 20.1. The molecule has 18 heavy (non-hydrogen) atoms. The van der Waals surface area contributed by atoms with Crippen LogP contribution < -0.4 is 10.6 Å². The summed E-state index contributed by atoms with van der Waals surface area (Å²) >= 11 is 3.44. The Morgan fingerprint density at radius 1 is 1.61 bits per heavy atom. The molecule has 0 saturated carbocycles. The smallest absolute Gasteiger partial charge is 0.172 e. The number of ether oxygens (including phenoxy) is 1. The van der Waals surface area contributed by atoms with Gasteiger partial charge in [-0.1, -0.05) is 21.1 Å². The molecule has 3 N–H and O–H groups in total. The van der Waals surface area contributed by atoms with Gasteiger partial charge >= 0.3 is 0 Å². The number of nitrogens with zero attached hydrogens (tertiary/aromatic N) is 2. The highest BCUT2D eigenvalue weighted by Gasteiger charge is 2.23. The first-order chi connectivity index (χ1) is 8.63. The van der Waals surface area contributed by atoms with Crippen LogP contribution in [-0.2, 0) is 4.74 Å². The minimum atomic E-state index is 0.114. The van der Waals surface area contributed by atoms with E-state index in [1.54, 1.807) is 0 Å². The molecular formula is C12H16BrN3O2. The molecule has 1 aromatic carbocycles. The van der Waals surface area contributed by atoms with Crippen molar-refractivity contribution < 1.29 is 9.94 Å². The van der Waals surface area contributed by atoms with Gasteiger partial charge in [-0.15, -0.1) is 0 Å². The van der Waals surface area contributed by atoms with E-state index in [-0.39, 0.29) is 5.84 Å². The molecule has 2 rings (SSSR count). The van der Waals surface area contributed by atoms with Crippen LogP contribution in [-0.4, -0.2) is 37.3 Å². The third kappa shape index (κ3) is 2.59. The highest BCUT2D eigenvalue weighted by atomic mass is 79.9. The molecule has 1 saturated heterocycles. The Labute approximate surface area is 114 Å². The Bertz CT molecular complexity index is 459. The maximum atomic E-state index is 8.84. The number of rotatable bonds is 3. The van der Waals surface area contributed by atoms with Gasteiger partial charge in [-0.05, 0) is 24.6 Å². The van der Waals surface area contributed by atoms with Crippen molar-refractivity contribution in [1.29, 1.82) is 0 Å². The summed E-state index contributed by atoms with van der Waals surface area (Å²) in [5.74, 6) is 0.114. The van der Waals surface area contributed by atoms with Crippen LogP contribution in [0.2, 0.25) is 0 Å². The van der Waals surface area contributed by atoms with Crippen LogP contribution >= 0.6 is 15.9 Å². The van der Waals surface area contributed by atoms with Gasteiger partial charge in [0.15, 0.2) is 5.84 Å². The van der Waals surface area contributed by atoms with E-state index in [0.29, 0.717) is 12.6 Å². The number of oxime groups is 1. The molecule has 1 heterocycles. The molecule has 0 amide bonds. The summed E-state index contributed by atoms with van der Waals surface area (Å²) in [7, 11) is 2.00. The summed E-state index contributed by atoms with van der Waals surface area (Å²) in [6.07, 6.45) is 0.985. The van der Waals surface area contributed by atoms with Gasteiger partial charge in [-0.25, -0.2) is 0 Å². The first-order valence-electron chi connectivity index (χ1n) is 5.71. The number of nitrogens with two attached hydrogens (primary N) is 1. The van der Waals surface area contributed by atoms with Crippen molar-refractivity contribution in [3.8, 4) is 0 Å². The zero-order valence-corrected chi connectivity index (χ0v) is 11.7. The Hall–Kier alpha value is -1.27. The zero-order chi connectivity index (χ0) is 13.1. The summed E-state index contributed by atoms with van der Waals surface area (Å²) in [5, 5.41) is 11.9. The number of likely N-dealkylation sites (N-methyl/N-ethyl adjacent to an activating group) is 1. The van der Waals surface area contributed by atoms with E-state index in [4.69, 9.17) is 15.7 Å². The van der Waals surface area contributed by atoms with Gasteiger partial charge in [0, 0.05) is 29.4 Å². The maximum Gasteiger partial charge on any atom is 0.172 e. The summed E-state index contributed by atoms with van der Waals surface area (Å²) in [4.78, 5) is 2.12. The van der Waals surface area contributed by atoms with Gasteiger partial charge in [-0.3, -0.25) is 0 Å². The van der Waals surface area contributed by atoms with Crippen molar-refractivity contribution in [3.05, 3.63) is 28.2 Å². The fourth-order valence-corrected chi connectivity index (χ4v) is 2.44. The van der Waals surface area contributed by atoms with Crippen LogP contribution in [0.5, 0.6) is 0 Å². The molecular weight excluding hydrogens is 298 g/mol. The number of amidine groups is 1. The van der Waals surface area contributed by atoms with Gasteiger partial charge in [0.2, 0.25) is 0 Å². The number of hydrogen-bond acceptors (Lipinski definition) is 4. The second kappa shape index (κ2) is 5.58. The van der Waals surface area contributed by atoms with Crippen LogP contribution in [0.15, 0.2) is 27.8 Å². The molecule has 1 fully saturated rings. The van der Waals surface area contributed by atoms with Gasteiger partial charge < -0.3 is 20.6 Å². The highest BCUT2D eigenvalue weighted by molar-refractivity contribution is 9.10. The standard InChI is InChI=1S/C12H16BrN3O2/c1-16(9-4-5-18-7-9)11-6-8(13)2-3-10(11)12(14)15-17/h2-3,6,9,17H,4-5,7H2,1H3,(H2,14,15). The first kappa shape index (κ1) is 13.2. The molecule has 1 atom stereocenters. The van der Waals surface area contributed by atoms with Crippen molar-refractivity contribution in [3.63, 3.8) is 0 Å². The third-order valence-corrected chi connectivity index (χ3v) is 3.67. The maximum absolute atomic E-state index is 8.84. The molecule has 98 valence electrons. The lowest BCUT2D eigenvalue weighted by molar-refractivity contribution is 0.193. The number of halogens is 1. The fourth-order valence-electron chi connectivity index (χ4n) is 2.09. The number of benzene rings is 1. The van der Waals surface area contributed by atoms with Crippen molar-refractivity contribution in [2.75, 3.05) is 25.2 Å². The summed E-state index contributed by atoms with van der Waals surface area (Å²) in [6.45, 7) is 1.49. The molecule has 0 aliphatic carbocycles. The van der Waals surface area contributed by atoms with Crippen LogP contribution in [0.3, 0.4) is 0 Å². The predicted octanol–water partition coefficient (Wildman–Crippen LogP) is 1.77. The van der Waals surface area contributed by atoms with Crippen LogP contribution in [0.25, 0.3) is 0 Å². The van der Waals surface area contributed by atoms with E-state index in [1.165, 1.54) is 0 Å².